The van der Waals surface area contributed by atoms with E-state index in [1.54, 1.807) is 36.0 Å². The van der Waals surface area contributed by atoms with Crippen molar-refractivity contribution in [1.82, 2.24) is 9.55 Å². The standard InChI is InChI=1S/C13H14FN3O2/c1-8-16-4-5-17(8)12-3-2-9(6-10(12)14)11(15)7-13(18)19/h2-6,11H,7,15H2,1H3,(H,18,19). The average Bonchev–Trinajstić information content (AvgIpc) is 2.74. The number of carboxylic acids is 1. The number of carbonyl (C=O) groups is 1. The van der Waals surface area contributed by atoms with Crippen molar-refractivity contribution in [2.45, 2.75) is 19.4 Å². The van der Waals surface area contributed by atoms with Gasteiger partial charge >= 0.3 is 5.97 Å². The fourth-order valence-corrected chi connectivity index (χ4v) is 1.89. The molecule has 0 aliphatic heterocycles. The van der Waals surface area contributed by atoms with Crippen LogP contribution >= 0.6 is 0 Å². The molecule has 1 aromatic heterocycles. The summed E-state index contributed by atoms with van der Waals surface area (Å²) in [5.41, 5.74) is 6.52. The molecule has 1 atom stereocenters. The van der Waals surface area contributed by atoms with E-state index in [1.807, 2.05) is 0 Å². The summed E-state index contributed by atoms with van der Waals surface area (Å²) in [6, 6.07) is 3.75. The smallest absolute Gasteiger partial charge is 0.305 e. The minimum atomic E-state index is -1.01. The van der Waals surface area contributed by atoms with Gasteiger partial charge in [-0.2, -0.15) is 0 Å². The number of hydrogen-bond donors (Lipinski definition) is 2. The Morgan fingerprint density at radius 2 is 2.32 bits per heavy atom. The van der Waals surface area contributed by atoms with Crippen LogP contribution in [0.1, 0.15) is 23.9 Å². The van der Waals surface area contributed by atoms with E-state index in [2.05, 4.69) is 4.98 Å². The highest BCUT2D eigenvalue weighted by atomic mass is 19.1. The molecule has 1 heterocycles. The molecular formula is C13H14FN3O2. The van der Waals surface area contributed by atoms with Crippen LogP contribution in [-0.4, -0.2) is 20.6 Å². The van der Waals surface area contributed by atoms with Crippen molar-refractivity contribution in [3.05, 3.63) is 47.8 Å². The molecule has 5 nitrogen and oxygen atoms in total. The third kappa shape index (κ3) is 2.79. The first-order valence-electron chi connectivity index (χ1n) is 5.76. The summed E-state index contributed by atoms with van der Waals surface area (Å²) in [6.45, 7) is 1.77. The van der Waals surface area contributed by atoms with Crippen molar-refractivity contribution < 1.29 is 14.3 Å². The lowest BCUT2D eigenvalue weighted by atomic mass is 10.0. The number of carboxylic acid groups (broad SMARTS) is 1. The summed E-state index contributed by atoms with van der Waals surface area (Å²) in [7, 11) is 0. The van der Waals surface area contributed by atoms with E-state index in [0.717, 1.165) is 0 Å². The van der Waals surface area contributed by atoms with Gasteiger partial charge in [0.25, 0.3) is 0 Å². The number of aromatic nitrogens is 2. The minimum absolute atomic E-state index is 0.233. The van der Waals surface area contributed by atoms with Crippen molar-refractivity contribution in [3.63, 3.8) is 0 Å². The molecule has 2 aromatic rings. The molecule has 1 unspecified atom stereocenters. The Kier molecular flexibility index (Phi) is 3.62. The van der Waals surface area contributed by atoms with Gasteiger partial charge in [0.15, 0.2) is 0 Å². The molecular weight excluding hydrogens is 249 g/mol. The van der Waals surface area contributed by atoms with Crippen molar-refractivity contribution in [3.8, 4) is 5.69 Å². The van der Waals surface area contributed by atoms with Gasteiger partial charge in [-0.05, 0) is 24.6 Å². The van der Waals surface area contributed by atoms with Crippen molar-refractivity contribution in [2.75, 3.05) is 0 Å². The lowest BCUT2D eigenvalue weighted by Crippen LogP contribution is -2.15. The number of rotatable bonds is 4. The van der Waals surface area contributed by atoms with Gasteiger partial charge in [0, 0.05) is 18.4 Å². The first-order valence-corrected chi connectivity index (χ1v) is 5.76. The van der Waals surface area contributed by atoms with Crippen LogP contribution in [0.4, 0.5) is 4.39 Å². The SMILES string of the molecule is Cc1nccn1-c1ccc(C(N)CC(=O)O)cc1F. The van der Waals surface area contributed by atoms with Crippen LogP contribution in [0, 0.1) is 12.7 Å². The molecule has 0 radical (unpaired) electrons. The molecule has 0 amide bonds. The van der Waals surface area contributed by atoms with Gasteiger partial charge in [-0.3, -0.25) is 4.79 Å². The maximum atomic E-state index is 14.0. The van der Waals surface area contributed by atoms with Crippen LogP contribution in [-0.2, 0) is 4.79 Å². The molecule has 19 heavy (non-hydrogen) atoms. The number of nitrogens with zero attached hydrogens (tertiary/aromatic N) is 2. The number of hydrogen-bond acceptors (Lipinski definition) is 3. The Bertz CT molecular complexity index is 610. The van der Waals surface area contributed by atoms with Gasteiger partial charge < -0.3 is 15.4 Å². The van der Waals surface area contributed by atoms with E-state index in [1.165, 1.54) is 6.07 Å². The van der Waals surface area contributed by atoms with Crippen molar-refractivity contribution >= 4 is 5.97 Å². The summed E-state index contributed by atoms with van der Waals surface area (Å²) in [6.07, 6.45) is 3.01. The Labute approximate surface area is 109 Å². The second-order valence-corrected chi connectivity index (χ2v) is 4.26. The zero-order chi connectivity index (χ0) is 14.0. The van der Waals surface area contributed by atoms with Gasteiger partial charge in [-0.1, -0.05) is 6.07 Å². The fourth-order valence-electron chi connectivity index (χ4n) is 1.89. The zero-order valence-electron chi connectivity index (χ0n) is 10.4. The third-order valence-electron chi connectivity index (χ3n) is 2.88. The van der Waals surface area contributed by atoms with Crippen LogP contribution in [0.3, 0.4) is 0 Å². The number of aliphatic carboxylic acids is 1. The number of imidazole rings is 1. The van der Waals surface area contributed by atoms with E-state index >= 15 is 0 Å². The summed E-state index contributed by atoms with van der Waals surface area (Å²) < 4.78 is 15.7. The van der Waals surface area contributed by atoms with Crippen LogP contribution in [0.5, 0.6) is 0 Å². The van der Waals surface area contributed by atoms with Crippen LogP contribution < -0.4 is 5.73 Å². The van der Waals surface area contributed by atoms with Crippen molar-refractivity contribution in [2.24, 2.45) is 5.73 Å². The van der Waals surface area contributed by atoms with Gasteiger partial charge in [0.1, 0.15) is 11.6 Å². The minimum Gasteiger partial charge on any atom is -0.481 e. The molecule has 1 aromatic carbocycles. The molecule has 0 spiro atoms. The topological polar surface area (TPSA) is 81.1 Å². The van der Waals surface area contributed by atoms with E-state index in [4.69, 9.17) is 10.8 Å². The summed E-state index contributed by atoms with van der Waals surface area (Å²) in [5.74, 6) is -0.802. The molecule has 0 saturated heterocycles. The first kappa shape index (κ1) is 13.2. The lowest BCUT2D eigenvalue weighted by Gasteiger charge is -2.12. The Hall–Kier alpha value is -2.21. The molecule has 100 valence electrons. The van der Waals surface area contributed by atoms with Gasteiger partial charge in [0.2, 0.25) is 0 Å². The third-order valence-corrected chi connectivity index (χ3v) is 2.88. The highest BCUT2D eigenvalue weighted by Gasteiger charge is 2.14. The summed E-state index contributed by atoms with van der Waals surface area (Å²) >= 11 is 0. The van der Waals surface area contributed by atoms with Gasteiger partial charge in [-0.25, -0.2) is 9.37 Å². The van der Waals surface area contributed by atoms with Crippen LogP contribution in [0.2, 0.25) is 0 Å². The van der Waals surface area contributed by atoms with Crippen LogP contribution in [0.15, 0.2) is 30.6 Å². The maximum Gasteiger partial charge on any atom is 0.305 e. The second kappa shape index (κ2) is 5.19. The highest BCUT2D eigenvalue weighted by Crippen LogP contribution is 2.21. The molecule has 0 saturated carbocycles. The molecule has 0 aliphatic rings. The van der Waals surface area contributed by atoms with E-state index in [-0.39, 0.29) is 6.42 Å². The average molecular weight is 263 g/mol. The molecule has 0 bridgehead atoms. The number of nitrogens with two attached hydrogens (primary N) is 1. The highest BCUT2D eigenvalue weighted by molar-refractivity contribution is 5.67. The fraction of sp³-hybridized carbons (Fsp3) is 0.231. The lowest BCUT2D eigenvalue weighted by molar-refractivity contribution is -0.137. The maximum absolute atomic E-state index is 14.0. The first-order chi connectivity index (χ1) is 8.99. The Morgan fingerprint density at radius 3 is 2.84 bits per heavy atom. The number of halogens is 1. The molecule has 0 aliphatic carbocycles. The predicted octanol–water partition coefficient (Wildman–Crippen LogP) is 1.79. The molecule has 2 rings (SSSR count). The molecule has 6 heteroatoms. The van der Waals surface area contributed by atoms with Crippen LogP contribution in [0.25, 0.3) is 5.69 Å². The number of benzene rings is 1. The normalized spacial score (nSPS) is 12.4. The second-order valence-electron chi connectivity index (χ2n) is 4.26. The largest absolute Gasteiger partial charge is 0.481 e. The van der Waals surface area contributed by atoms with Crippen molar-refractivity contribution in [1.29, 1.82) is 0 Å². The molecule has 3 N–H and O–H groups in total. The van der Waals surface area contributed by atoms with E-state index < -0.39 is 17.8 Å². The predicted molar refractivity (Wildman–Crippen MR) is 67.4 cm³/mol. The van der Waals surface area contributed by atoms with E-state index in [0.29, 0.717) is 17.1 Å². The monoisotopic (exact) mass is 263 g/mol. The summed E-state index contributed by atoms with van der Waals surface area (Å²) in [4.78, 5) is 14.6. The Morgan fingerprint density at radius 1 is 1.58 bits per heavy atom. The van der Waals surface area contributed by atoms with Gasteiger partial charge in [-0.15, -0.1) is 0 Å². The summed E-state index contributed by atoms with van der Waals surface area (Å²) in [5, 5.41) is 8.67. The van der Waals surface area contributed by atoms with Gasteiger partial charge in [0.05, 0.1) is 12.1 Å². The number of aryl methyl sites for hydroxylation is 1. The van der Waals surface area contributed by atoms with E-state index in [9.17, 15) is 9.18 Å². The zero-order valence-corrected chi connectivity index (χ0v) is 10.4. The molecule has 0 fully saturated rings. The quantitative estimate of drug-likeness (QED) is 0.881. The Balaban J connectivity index is 2.32.